The molecule has 0 bridgehead atoms. The van der Waals surface area contributed by atoms with Crippen molar-refractivity contribution in [3.8, 4) is 0 Å². The average Bonchev–Trinajstić information content (AvgIpc) is 2.66. The number of alkyl halides is 3. The standard InChI is InChI=1S/C23H30F4/c1-2-3-4-16-5-7-17(8-6-16)18-9-11-19(12-10-18)20-13-14-21(22(24)15-20)23(25,26)27/h11,13-18H,2-10,12H2,1H3. The maximum Gasteiger partial charge on any atom is 0.419 e. The van der Waals surface area contributed by atoms with Gasteiger partial charge in [0.05, 0.1) is 5.56 Å². The van der Waals surface area contributed by atoms with E-state index in [0.29, 0.717) is 11.5 Å². The number of hydrogen-bond donors (Lipinski definition) is 0. The molecule has 0 aromatic heterocycles. The smallest absolute Gasteiger partial charge is 0.206 e. The Morgan fingerprint density at radius 3 is 2.30 bits per heavy atom. The fraction of sp³-hybridized carbons (Fsp3) is 0.652. The summed E-state index contributed by atoms with van der Waals surface area (Å²) < 4.78 is 52.0. The van der Waals surface area contributed by atoms with E-state index in [1.54, 1.807) is 0 Å². The van der Waals surface area contributed by atoms with Gasteiger partial charge in [0.1, 0.15) is 5.82 Å². The highest BCUT2D eigenvalue weighted by molar-refractivity contribution is 5.66. The molecule has 1 fully saturated rings. The van der Waals surface area contributed by atoms with Crippen LogP contribution < -0.4 is 0 Å². The highest BCUT2D eigenvalue weighted by atomic mass is 19.4. The van der Waals surface area contributed by atoms with Crippen molar-refractivity contribution < 1.29 is 17.6 Å². The van der Waals surface area contributed by atoms with Gasteiger partial charge >= 0.3 is 6.18 Å². The topological polar surface area (TPSA) is 0 Å². The van der Waals surface area contributed by atoms with Crippen molar-refractivity contribution in [3.63, 3.8) is 0 Å². The molecule has 0 heterocycles. The third-order valence-electron chi connectivity index (χ3n) is 6.62. The van der Waals surface area contributed by atoms with E-state index >= 15 is 0 Å². The molecule has 0 saturated heterocycles. The summed E-state index contributed by atoms with van der Waals surface area (Å²) in [6.07, 6.45) is 9.71. The second-order valence-corrected chi connectivity index (χ2v) is 8.38. The highest BCUT2D eigenvalue weighted by Gasteiger charge is 2.34. The summed E-state index contributed by atoms with van der Waals surface area (Å²) >= 11 is 0. The molecule has 0 radical (unpaired) electrons. The number of allylic oxidation sites excluding steroid dienone is 2. The van der Waals surface area contributed by atoms with Crippen molar-refractivity contribution in [1.29, 1.82) is 0 Å². The predicted octanol–water partition coefficient (Wildman–Crippen LogP) is 8.02. The lowest BCUT2D eigenvalue weighted by molar-refractivity contribution is -0.140. The molecule has 3 rings (SSSR count). The summed E-state index contributed by atoms with van der Waals surface area (Å²) in [5.41, 5.74) is 0.415. The molecule has 1 atom stereocenters. The van der Waals surface area contributed by atoms with E-state index < -0.39 is 17.6 Å². The lowest BCUT2D eigenvalue weighted by atomic mass is 9.70. The summed E-state index contributed by atoms with van der Waals surface area (Å²) in [6.45, 7) is 2.25. The van der Waals surface area contributed by atoms with E-state index in [1.807, 2.05) is 0 Å². The fourth-order valence-corrected chi connectivity index (χ4v) is 4.93. The molecule has 0 amide bonds. The minimum atomic E-state index is -4.63. The van der Waals surface area contributed by atoms with Crippen LogP contribution in [0.25, 0.3) is 5.57 Å². The second kappa shape index (κ2) is 8.79. The van der Waals surface area contributed by atoms with E-state index in [9.17, 15) is 17.6 Å². The molecule has 0 N–H and O–H groups in total. The third kappa shape index (κ3) is 5.14. The average molecular weight is 382 g/mol. The molecule has 2 aliphatic carbocycles. The Bertz CT molecular complexity index is 651. The van der Waals surface area contributed by atoms with Crippen LogP contribution in [0.5, 0.6) is 0 Å². The van der Waals surface area contributed by atoms with Crippen LogP contribution in [-0.2, 0) is 6.18 Å². The highest BCUT2D eigenvalue weighted by Crippen LogP contribution is 2.42. The van der Waals surface area contributed by atoms with E-state index in [4.69, 9.17) is 0 Å². The number of benzene rings is 1. The van der Waals surface area contributed by atoms with Gasteiger partial charge in [0.25, 0.3) is 0 Å². The SMILES string of the molecule is CCCCC1CCC(C2CC=C(c3ccc(C(F)(F)F)c(F)c3)CC2)CC1. The van der Waals surface area contributed by atoms with Crippen molar-refractivity contribution >= 4 is 5.57 Å². The number of rotatable bonds is 5. The zero-order chi connectivity index (χ0) is 19.4. The Labute approximate surface area is 160 Å². The summed E-state index contributed by atoms with van der Waals surface area (Å²) in [7, 11) is 0. The van der Waals surface area contributed by atoms with Crippen LogP contribution in [0.15, 0.2) is 24.3 Å². The van der Waals surface area contributed by atoms with Crippen LogP contribution in [0.1, 0.15) is 82.3 Å². The van der Waals surface area contributed by atoms with Crippen molar-refractivity contribution in [2.24, 2.45) is 17.8 Å². The Morgan fingerprint density at radius 1 is 1.00 bits per heavy atom. The molecule has 0 spiro atoms. The Kier molecular flexibility index (Phi) is 6.65. The first kappa shape index (κ1) is 20.4. The molecule has 1 aromatic carbocycles. The maximum atomic E-state index is 13.8. The maximum absolute atomic E-state index is 13.8. The predicted molar refractivity (Wildman–Crippen MR) is 102 cm³/mol. The summed E-state index contributed by atoms with van der Waals surface area (Å²) in [6, 6.07) is 3.33. The monoisotopic (exact) mass is 382 g/mol. The van der Waals surface area contributed by atoms with Gasteiger partial charge in [0, 0.05) is 0 Å². The minimum Gasteiger partial charge on any atom is -0.206 e. The molecule has 0 nitrogen and oxygen atoms in total. The van der Waals surface area contributed by atoms with Crippen LogP contribution in [0, 0.1) is 23.6 Å². The Balaban J connectivity index is 1.57. The van der Waals surface area contributed by atoms with Crippen LogP contribution in [0.2, 0.25) is 0 Å². The molecule has 2 aliphatic rings. The van der Waals surface area contributed by atoms with E-state index in [2.05, 4.69) is 13.0 Å². The van der Waals surface area contributed by atoms with Crippen molar-refractivity contribution in [1.82, 2.24) is 0 Å². The lowest BCUT2D eigenvalue weighted by Gasteiger charge is -2.35. The third-order valence-corrected chi connectivity index (χ3v) is 6.62. The fourth-order valence-electron chi connectivity index (χ4n) is 4.93. The van der Waals surface area contributed by atoms with Gasteiger partial charge < -0.3 is 0 Å². The summed E-state index contributed by atoms with van der Waals surface area (Å²) in [5, 5.41) is 0. The molecular weight excluding hydrogens is 352 g/mol. The first-order valence-corrected chi connectivity index (χ1v) is 10.4. The first-order chi connectivity index (χ1) is 12.9. The molecule has 150 valence electrons. The molecule has 0 aliphatic heterocycles. The van der Waals surface area contributed by atoms with Gasteiger partial charge in [-0.3, -0.25) is 0 Å². The van der Waals surface area contributed by atoms with E-state index in [1.165, 1.54) is 51.0 Å². The van der Waals surface area contributed by atoms with E-state index in [-0.39, 0.29) is 0 Å². The molecule has 4 heteroatoms. The quantitative estimate of drug-likeness (QED) is 0.452. The molecule has 27 heavy (non-hydrogen) atoms. The van der Waals surface area contributed by atoms with Crippen molar-refractivity contribution in [2.75, 3.05) is 0 Å². The minimum absolute atomic E-state index is 0.599. The first-order valence-electron chi connectivity index (χ1n) is 10.4. The van der Waals surface area contributed by atoms with Crippen LogP contribution >= 0.6 is 0 Å². The van der Waals surface area contributed by atoms with Crippen molar-refractivity contribution in [2.45, 2.75) is 77.3 Å². The lowest BCUT2D eigenvalue weighted by Crippen LogP contribution is -2.23. The summed E-state index contributed by atoms with van der Waals surface area (Å²) in [4.78, 5) is 0. The van der Waals surface area contributed by atoms with Crippen LogP contribution in [0.3, 0.4) is 0 Å². The van der Waals surface area contributed by atoms with Gasteiger partial charge in [-0.1, -0.05) is 51.2 Å². The molecule has 1 unspecified atom stereocenters. The van der Waals surface area contributed by atoms with Gasteiger partial charge in [0.15, 0.2) is 0 Å². The number of hydrogen-bond acceptors (Lipinski definition) is 0. The van der Waals surface area contributed by atoms with Gasteiger partial charge in [-0.2, -0.15) is 13.2 Å². The zero-order valence-corrected chi connectivity index (χ0v) is 16.1. The van der Waals surface area contributed by atoms with Crippen molar-refractivity contribution in [3.05, 3.63) is 41.2 Å². The van der Waals surface area contributed by atoms with Crippen LogP contribution in [0.4, 0.5) is 17.6 Å². The van der Waals surface area contributed by atoms with Crippen LogP contribution in [-0.4, -0.2) is 0 Å². The second-order valence-electron chi connectivity index (χ2n) is 8.38. The van der Waals surface area contributed by atoms with Gasteiger partial charge in [-0.05, 0) is 73.1 Å². The Hall–Kier alpha value is -1.32. The zero-order valence-electron chi connectivity index (χ0n) is 16.1. The summed E-state index contributed by atoms with van der Waals surface area (Å²) in [5.74, 6) is 1.20. The molecule has 1 saturated carbocycles. The number of halogens is 4. The van der Waals surface area contributed by atoms with Gasteiger partial charge in [0.2, 0.25) is 0 Å². The normalized spacial score (nSPS) is 26.7. The molecule has 1 aromatic rings. The molecular formula is C23H30F4. The van der Waals surface area contributed by atoms with Gasteiger partial charge in [-0.15, -0.1) is 0 Å². The van der Waals surface area contributed by atoms with E-state index in [0.717, 1.165) is 48.8 Å². The Morgan fingerprint density at radius 2 is 1.74 bits per heavy atom. The van der Waals surface area contributed by atoms with Gasteiger partial charge in [-0.25, -0.2) is 4.39 Å². The largest absolute Gasteiger partial charge is 0.419 e. The number of unbranched alkanes of at least 4 members (excludes halogenated alkanes) is 1.